The van der Waals surface area contributed by atoms with Crippen LogP contribution in [-0.4, -0.2) is 55.6 Å². The molecule has 3 aromatic rings. The van der Waals surface area contributed by atoms with E-state index in [0.29, 0.717) is 41.9 Å². The summed E-state index contributed by atoms with van der Waals surface area (Å²) in [6.07, 6.45) is 6.94. The molecule has 164 valence electrons. The number of carbonyl (C=O) groups excluding carboxylic acids is 2. The monoisotopic (exact) mass is 433 g/mol. The third kappa shape index (κ3) is 5.09. The fourth-order valence-corrected chi connectivity index (χ4v) is 3.36. The molecule has 0 radical (unpaired) electrons. The lowest BCUT2D eigenvalue weighted by molar-refractivity contribution is -0.111. The van der Waals surface area contributed by atoms with Crippen LogP contribution >= 0.6 is 0 Å². The summed E-state index contributed by atoms with van der Waals surface area (Å²) in [6, 6.07) is 8.49. The van der Waals surface area contributed by atoms with E-state index in [2.05, 4.69) is 32.3 Å². The quantitative estimate of drug-likeness (QED) is 0.550. The van der Waals surface area contributed by atoms with Crippen LogP contribution in [-0.2, 0) is 11.8 Å². The maximum atomic E-state index is 12.8. The number of benzene rings is 1. The maximum absolute atomic E-state index is 12.8. The van der Waals surface area contributed by atoms with E-state index in [1.54, 1.807) is 58.5 Å². The normalized spacial score (nSPS) is 15.3. The molecule has 1 atom stereocenters. The molecule has 2 aromatic heterocycles. The minimum absolute atomic E-state index is 0.0266. The molecular formula is C22H23N7O3. The zero-order valence-electron chi connectivity index (χ0n) is 17.6. The van der Waals surface area contributed by atoms with Crippen LogP contribution in [0.3, 0.4) is 0 Å². The smallest absolute Gasteiger partial charge is 0.253 e. The number of nitrogens with zero attached hydrogens (tertiary/aromatic N) is 5. The van der Waals surface area contributed by atoms with Gasteiger partial charge in [0.05, 0.1) is 12.4 Å². The van der Waals surface area contributed by atoms with Crippen molar-refractivity contribution in [3.8, 4) is 11.6 Å². The van der Waals surface area contributed by atoms with Gasteiger partial charge in [0, 0.05) is 49.7 Å². The number of anilines is 2. The van der Waals surface area contributed by atoms with Crippen molar-refractivity contribution < 1.29 is 14.3 Å². The van der Waals surface area contributed by atoms with Gasteiger partial charge in [-0.1, -0.05) is 6.58 Å². The Bertz CT molecular complexity index is 1130. The Hall–Kier alpha value is -4.21. The van der Waals surface area contributed by atoms with E-state index in [0.717, 1.165) is 6.42 Å². The van der Waals surface area contributed by atoms with Crippen LogP contribution in [0.15, 0.2) is 61.6 Å². The molecule has 1 aromatic carbocycles. The van der Waals surface area contributed by atoms with Gasteiger partial charge < -0.3 is 20.3 Å². The van der Waals surface area contributed by atoms with E-state index in [4.69, 9.17) is 4.74 Å². The van der Waals surface area contributed by atoms with Gasteiger partial charge in [-0.05, 0) is 36.8 Å². The van der Waals surface area contributed by atoms with Gasteiger partial charge in [-0.15, -0.1) is 0 Å². The summed E-state index contributed by atoms with van der Waals surface area (Å²) >= 11 is 0. The fraction of sp³-hybridized carbons (Fsp3) is 0.227. The van der Waals surface area contributed by atoms with Crippen molar-refractivity contribution in [1.29, 1.82) is 0 Å². The summed E-state index contributed by atoms with van der Waals surface area (Å²) in [7, 11) is 1.81. The fourth-order valence-electron chi connectivity index (χ4n) is 3.36. The Morgan fingerprint density at radius 2 is 2.06 bits per heavy atom. The second kappa shape index (κ2) is 9.29. The number of rotatable bonds is 7. The molecule has 2 N–H and O–H groups in total. The third-order valence-corrected chi connectivity index (χ3v) is 4.93. The number of aryl methyl sites for hydroxylation is 1. The number of hydrogen-bond acceptors (Lipinski definition) is 7. The minimum Gasteiger partial charge on any atom is -0.436 e. The van der Waals surface area contributed by atoms with Crippen molar-refractivity contribution in [3.05, 3.63) is 67.1 Å². The van der Waals surface area contributed by atoms with Gasteiger partial charge in [0.15, 0.2) is 5.75 Å². The van der Waals surface area contributed by atoms with E-state index < -0.39 is 0 Å². The molecule has 4 rings (SSSR count). The number of nitrogens with one attached hydrogen (secondary N) is 2. The van der Waals surface area contributed by atoms with Gasteiger partial charge in [-0.2, -0.15) is 10.1 Å². The summed E-state index contributed by atoms with van der Waals surface area (Å²) in [5, 5.41) is 10.00. The highest BCUT2D eigenvalue weighted by Crippen LogP contribution is 2.21. The van der Waals surface area contributed by atoms with Crippen molar-refractivity contribution in [2.24, 2.45) is 7.05 Å². The Labute approximate surface area is 184 Å². The molecule has 1 fully saturated rings. The Morgan fingerprint density at radius 1 is 1.25 bits per heavy atom. The predicted octanol–water partition coefficient (Wildman–Crippen LogP) is 2.45. The molecule has 1 aliphatic heterocycles. The van der Waals surface area contributed by atoms with Gasteiger partial charge in [0.25, 0.3) is 5.91 Å². The molecule has 0 spiro atoms. The van der Waals surface area contributed by atoms with E-state index in [-0.39, 0.29) is 17.9 Å². The lowest BCUT2D eigenvalue weighted by Gasteiger charge is -2.17. The van der Waals surface area contributed by atoms with E-state index >= 15 is 0 Å². The molecule has 32 heavy (non-hydrogen) atoms. The number of amides is 2. The highest BCUT2D eigenvalue weighted by atomic mass is 16.5. The highest BCUT2D eigenvalue weighted by molar-refractivity contribution is 5.99. The second-order valence-electron chi connectivity index (χ2n) is 7.32. The molecule has 2 amide bonds. The lowest BCUT2D eigenvalue weighted by Crippen LogP contribution is -2.31. The first-order chi connectivity index (χ1) is 15.5. The molecular weight excluding hydrogens is 410 g/mol. The number of aromatic nitrogens is 4. The van der Waals surface area contributed by atoms with Gasteiger partial charge in [-0.25, -0.2) is 4.98 Å². The summed E-state index contributed by atoms with van der Waals surface area (Å²) in [4.78, 5) is 34.6. The molecule has 10 nitrogen and oxygen atoms in total. The highest BCUT2D eigenvalue weighted by Gasteiger charge is 2.27. The summed E-state index contributed by atoms with van der Waals surface area (Å²) in [5.74, 6) is 1.07. The van der Waals surface area contributed by atoms with Crippen molar-refractivity contribution in [3.63, 3.8) is 0 Å². The van der Waals surface area contributed by atoms with Crippen LogP contribution in [0, 0.1) is 0 Å². The first-order valence-corrected chi connectivity index (χ1v) is 10.1. The zero-order valence-corrected chi connectivity index (χ0v) is 17.6. The molecule has 1 aliphatic rings. The van der Waals surface area contributed by atoms with E-state index in [9.17, 15) is 9.59 Å². The topological polar surface area (TPSA) is 114 Å². The molecule has 10 heteroatoms. The zero-order chi connectivity index (χ0) is 22.5. The van der Waals surface area contributed by atoms with Gasteiger partial charge in [0.1, 0.15) is 0 Å². The third-order valence-electron chi connectivity index (χ3n) is 4.93. The first kappa shape index (κ1) is 21.0. The summed E-state index contributed by atoms with van der Waals surface area (Å²) in [6.45, 7) is 4.57. The standard InChI is InChI=1S/C22H23N7O3/c1-3-19(30)25-16-6-4-15(5-7-16)21(31)29-11-9-17(13-29)26-22-23-10-8-20(27-22)32-18-12-24-28(2)14-18/h3-8,10,12,14,17H,1,9,11,13H2,2H3,(H,25,30)(H,23,26,27)/t17-/m1/s1. The van der Waals surface area contributed by atoms with Crippen LogP contribution in [0.1, 0.15) is 16.8 Å². The molecule has 1 saturated heterocycles. The maximum Gasteiger partial charge on any atom is 0.253 e. The Balaban J connectivity index is 1.33. The van der Waals surface area contributed by atoms with Crippen LogP contribution in [0.2, 0.25) is 0 Å². The number of carbonyl (C=O) groups is 2. The Kier molecular flexibility index (Phi) is 6.11. The molecule has 3 heterocycles. The van der Waals surface area contributed by atoms with Gasteiger partial charge in [0.2, 0.25) is 17.7 Å². The van der Waals surface area contributed by atoms with Crippen molar-refractivity contribution in [2.45, 2.75) is 12.5 Å². The molecule has 0 unspecified atom stereocenters. The van der Waals surface area contributed by atoms with E-state index in [1.165, 1.54) is 6.08 Å². The van der Waals surface area contributed by atoms with Crippen molar-refractivity contribution >= 4 is 23.5 Å². The van der Waals surface area contributed by atoms with Gasteiger partial charge >= 0.3 is 0 Å². The Morgan fingerprint density at radius 3 is 2.78 bits per heavy atom. The molecule has 0 aliphatic carbocycles. The van der Waals surface area contributed by atoms with Gasteiger partial charge in [-0.3, -0.25) is 14.3 Å². The van der Waals surface area contributed by atoms with Crippen molar-refractivity contribution in [2.75, 3.05) is 23.7 Å². The lowest BCUT2D eigenvalue weighted by atomic mass is 10.2. The number of hydrogen-bond donors (Lipinski definition) is 2. The first-order valence-electron chi connectivity index (χ1n) is 10.1. The van der Waals surface area contributed by atoms with Crippen LogP contribution in [0.5, 0.6) is 11.6 Å². The molecule has 0 bridgehead atoms. The average molecular weight is 433 g/mol. The second-order valence-corrected chi connectivity index (χ2v) is 7.32. The number of likely N-dealkylation sites (tertiary alicyclic amines) is 1. The molecule has 0 saturated carbocycles. The van der Waals surface area contributed by atoms with Crippen LogP contribution < -0.4 is 15.4 Å². The SMILES string of the molecule is C=CC(=O)Nc1ccc(C(=O)N2CC[C@@H](Nc3nccc(Oc4cnn(C)c4)n3)C2)cc1. The largest absolute Gasteiger partial charge is 0.436 e. The average Bonchev–Trinajstić information content (AvgIpc) is 3.43. The summed E-state index contributed by atoms with van der Waals surface area (Å²) < 4.78 is 7.34. The van der Waals surface area contributed by atoms with E-state index in [1.807, 2.05) is 7.05 Å². The van der Waals surface area contributed by atoms with Crippen molar-refractivity contribution in [1.82, 2.24) is 24.6 Å². The summed E-state index contributed by atoms with van der Waals surface area (Å²) in [5.41, 5.74) is 1.17. The minimum atomic E-state index is -0.297. The number of ether oxygens (including phenoxy) is 1. The van der Waals surface area contributed by atoms with Crippen LogP contribution in [0.25, 0.3) is 0 Å². The predicted molar refractivity (Wildman–Crippen MR) is 119 cm³/mol. The van der Waals surface area contributed by atoms with Crippen LogP contribution in [0.4, 0.5) is 11.6 Å².